The minimum absolute atomic E-state index is 0.295. The zero-order valence-electron chi connectivity index (χ0n) is 13.1. The molecule has 0 rings (SSSR count). The van der Waals surface area contributed by atoms with E-state index in [4.69, 9.17) is 9.84 Å². The molecule has 0 aromatic carbocycles. The Hall–Kier alpha value is -0.0800. The van der Waals surface area contributed by atoms with E-state index in [1.54, 1.807) is 0 Å². The first-order chi connectivity index (χ1) is 8.56. The number of ether oxygens (including phenoxy) is 1. The van der Waals surface area contributed by atoms with Crippen LogP contribution in [0.5, 0.6) is 0 Å². The summed E-state index contributed by atoms with van der Waals surface area (Å²) in [6, 6.07) is 0. The van der Waals surface area contributed by atoms with Crippen molar-refractivity contribution in [1.29, 1.82) is 0 Å². The van der Waals surface area contributed by atoms with Gasteiger partial charge in [0.1, 0.15) is 0 Å². The molecule has 2 nitrogen and oxygen atoms in total. The van der Waals surface area contributed by atoms with E-state index in [0.717, 1.165) is 37.9 Å². The van der Waals surface area contributed by atoms with Gasteiger partial charge in [-0.2, -0.15) is 0 Å². The van der Waals surface area contributed by atoms with Crippen molar-refractivity contribution in [3.8, 4) is 0 Å². The van der Waals surface area contributed by atoms with Crippen LogP contribution in [0.25, 0.3) is 0 Å². The van der Waals surface area contributed by atoms with Crippen LogP contribution >= 0.6 is 0 Å². The summed E-state index contributed by atoms with van der Waals surface area (Å²) >= 11 is 0. The molecule has 0 heterocycles. The quantitative estimate of drug-likeness (QED) is 0.565. The molecule has 0 aliphatic rings. The molecule has 0 spiro atoms. The lowest BCUT2D eigenvalue weighted by atomic mass is 9.89. The highest BCUT2D eigenvalue weighted by atomic mass is 16.5. The maximum atomic E-state index is 9.16. The molecule has 0 bridgehead atoms. The summed E-state index contributed by atoms with van der Waals surface area (Å²) in [4.78, 5) is 0. The van der Waals surface area contributed by atoms with Crippen molar-refractivity contribution in [2.75, 3.05) is 19.8 Å². The van der Waals surface area contributed by atoms with Crippen molar-refractivity contribution in [2.24, 2.45) is 23.7 Å². The van der Waals surface area contributed by atoms with E-state index >= 15 is 0 Å². The van der Waals surface area contributed by atoms with E-state index < -0.39 is 0 Å². The van der Waals surface area contributed by atoms with Crippen LogP contribution in [-0.4, -0.2) is 24.9 Å². The molecule has 1 N–H and O–H groups in total. The number of rotatable bonds is 11. The van der Waals surface area contributed by atoms with Gasteiger partial charge >= 0.3 is 0 Å². The molecule has 0 aromatic rings. The summed E-state index contributed by atoms with van der Waals surface area (Å²) in [5.41, 5.74) is 0. The monoisotopic (exact) mass is 258 g/mol. The molecule has 0 saturated carbocycles. The second-order valence-electron chi connectivity index (χ2n) is 5.88. The van der Waals surface area contributed by atoms with Gasteiger partial charge in [-0.25, -0.2) is 0 Å². The minimum Gasteiger partial charge on any atom is -0.396 e. The highest BCUT2D eigenvalue weighted by Gasteiger charge is 2.14. The fourth-order valence-corrected chi connectivity index (χ4v) is 2.33. The molecule has 0 amide bonds. The van der Waals surface area contributed by atoms with Gasteiger partial charge in [-0.3, -0.25) is 0 Å². The van der Waals surface area contributed by atoms with E-state index in [1.807, 2.05) is 0 Å². The third kappa shape index (κ3) is 7.38. The van der Waals surface area contributed by atoms with Crippen LogP contribution in [0, 0.1) is 23.7 Å². The standard InChI is InChI=1S/C16H34O2/c1-6-13(3)14(4)8-10-18-11-9-16(7-2)15(5)12-17/h13-17H,6-12H2,1-5H3. The van der Waals surface area contributed by atoms with Crippen molar-refractivity contribution >= 4 is 0 Å². The third-order valence-electron chi connectivity index (χ3n) is 4.58. The van der Waals surface area contributed by atoms with Crippen LogP contribution < -0.4 is 0 Å². The van der Waals surface area contributed by atoms with Crippen molar-refractivity contribution in [1.82, 2.24) is 0 Å². The fourth-order valence-electron chi connectivity index (χ4n) is 2.33. The van der Waals surface area contributed by atoms with Crippen LogP contribution in [0.3, 0.4) is 0 Å². The largest absolute Gasteiger partial charge is 0.396 e. The molecule has 0 saturated heterocycles. The Labute approximate surface area is 114 Å². The highest BCUT2D eigenvalue weighted by molar-refractivity contribution is 4.64. The summed E-state index contributed by atoms with van der Waals surface area (Å²) in [5, 5.41) is 9.16. The average Bonchev–Trinajstić information content (AvgIpc) is 2.40. The molecule has 0 aliphatic carbocycles. The van der Waals surface area contributed by atoms with Gasteiger partial charge in [-0.15, -0.1) is 0 Å². The molecule has 0 radical (unpaired) electrons. The zero-order valence-corrected chi connectivity index (χ0v) is 13.1. The van der Waals surface area contributed by atoms with E-state index in [0.29, 0.717) is 18.4 Å². The topological polar surface area (TPSA) is 29.5 Å². The lowest BCUT2D eigenvalue weighted by molar-refractivity contribution is 0.0866. The molecule has 0 aromatic heterocycles. The minimum atomic E-state index is 0.295. The molecular formula is C16H34O2. The normalized spacial score (nSPS) is 18.3. The maximum absolute atomic E-state index is 9.16. The molecule has 110 valence electrons. The molecule has 4 unspecified atom stereocenters. The Balaban J connectivity index is 3.60. The molecular weight excluding hydrogens is 224 g/mol. The number of aliphatic hydroxyl groups excluding tert-OH is 1. The van der Waals surface area contributed by atoms with E-state index in [1.165, 1.54) is 12.8 Å². The summed E-state index contributed by atoms with van der Waals surface area (Å²) in [6.07, 6.45) is 4.64. The molecule has 0 fully saturated rings. The summed E-state index contributed by atoms with van der Waals surface area (Å²) < 4.78 is 5.74. The van der Waals surface area contributed by atoms with Crippen molar-refractivity contribution in [3.05, 3.63) is 0 Å². The van der Waals surface area contributed by atoms with Crippen LogP contribution in [0.4, 0.5) is 0 Å². The first kappa shape index (κ1) is 17.9. The summed E-state index contributed by atoms with van der Waals surface area (Å²) in [7, 11) is 0. The van der Waals surface area contributed by atoms with Gasteiger partial charge < -0.3 is 9.84 Å². The zero-order chi connectivity index (χ0) is 14.0. The Morgan fingerprint density at radius 1 is 0.833 bits per heavy atom. The maximum Gasteiger partial charge on any atom is 0.0468 e. The number of aliphatic hydroxyl groups is 1. The molecule has 4 atom stereocenters. The van der Waals surface area contributed by atoms with E-state index in [9.17, 15) is 0 Å². The van der Waals surface area contributed by atoms with Gasteiger partial charge in [0, 0.05) is 19.8 Å². The van der Waals surface area contributed by atoms with Gasteiger partial charge in [-0.1, -0.05) is 47.5 Å². The van der Waals surface area contributed by atoms with Crippen molar-refractivity contribution in [2.45, 2.75) is 60.3 Å². The number of hydrogen-bond acceptors (Lipinski definition) is 2. The van der Waals surface area contributed by atoms with E-state index in [2.05, 4.69) is 34.6 Å². The van der Waals surface area contributed by atoms with Crippen molar-refractivity contribution in [3.63, 3.8) is 0 Å². The van der Waals surface area contributed by atoms with Gasteiger partial charge in [0.2, 0.25) is 0 Å². The Bertz CT molecular complexity index is 182. The van der Waals surface area contributed by atoms with Gasteiger partial charge in [0.15, 0.2) is 0 Å². The first-order valence-corrected chi connectivity index (χ1v) is 7.75. The summed E-state index contributed by atoms with van der Waals surface area (Å²) in [6.45, 7) is 13.2. The Kier molecular flexibility index (Phi) is 10.8. The molecule has 18 heavy (non-hydrogen) atoms. The number of hydrogen-bond donors (Lipinski definition) is 1. The molecule has 0 aliphatic heterocycles. The molecule has 2 heteroatoms. The lowest BCUT2D eigenvalue weighted by Crippen LogP contribution is -2.17. The van der Waals surface area contributed by atoms with E-state index in [-0.39, 0.29) is 0 Å². The Morgan fingerprint density at radius 3 is 1.94 bits per heavy atom. The fraction of sp³-hybridized carbons (Fsp3) is 1.00. The first-order valence-electron chi connectivity index (χ1n) is 7.75. The second kappa shape index (κ2) is 10.8. The van der Waals surface area contributed by atoms with Gasteiger partial charge in [-0.05, 0) is 36.5 Å². The van der Waals surface area contributed by atoms with Gasteiger partial charge in [0.25, 0.3) is 0 Å². The summed E-state index contributed by atoms with van der Waals surface area (Å²) in [5.74, 6) is 2.55. The van der Waals surface area contributed by atoms with Crippen molar-refractivity contribution < 1.29 is 9.84 Å². The third-order valence-corrected chi connectivity index (χ3v) is 4.58. The SMILES string of the molecule is CCC(C)C(C)CCOCCC(CC)C(C)CO. The lowest BCUT2D eigenvalue weighted by Gasteiger charge is -2.21. The predicted molar refractivity (Wildman–Crippen MR) is 78.7 cm³/mol. The Morgan fingerprint density at radius 2 is 1.44 bits per heavy atom. The smallest absolute Gasteiger partial charge is 0.0468 e. The highest BCUT2D eigenvalue weighted by Crippen LogP contribution is 2.20. The van der Waals surface area contributed by atoms with Gasteiger partial charge in [0.05, 0.1) is 0 Å². The average molecular weight is 258 g/mol. The predicted octanol–water partition coefficient (Wildman–Crippen LogP) is 4.12. The van der Waals surface area contributed by atoms with Crippen LogP contribution in [0.2, 0.25) is 0 Å². The van der Waals surface area contributed by atoms with Crippen LogP contribution in [0.1, 0.15) is 60.3 Å². The second-order valence-corrected chi connectivity index (χ2v) is 5.88. The van der Waals surface area contributed by atoms with Crippen LogP contribution in [-0.2, 0) is 4.74 Å². The van der Waals surface area contributed by atoms with Crippen LogP contribution in [0.15, 0.2) is 0 Å².